The Hall–Kier alpha value is -0.410. The average Bonchev–Trinajstić information content (AvgIpc) is 1.99. The van der Waals surface area contributed by atoms with Crippen LogP contribution in [0.3, 0.4) is 0 Å². The van der Waals surface area contributed by atoms with Crippen molar-refractivity contribution in [3.8, 4) is 0 Å². The maximum atomic E-state index is 13.0. The maximum Gasteiger partial charge on any atom is 0.252 e. The molecule has 0 radical (unpaired) electrons. The summed E-state index contributed by atoms with van der Waals surface area (Å²) in [5.41, 5.74) is 0.691. The Morgan fingerprint density at radius 3 is 2.58 bits per heavy atom. The van der Waals surface area contributed by atoms with Crippen LogP contribution in [0.15, 0.2) is 16.6 Å². The van der Waals surface area contributed by atoms with Gasteiger partial charge >= 0.3 is 0 Å². The molecule has 64 valence electrons. The van der Waals surface area contributed by atoms with Crippen molar-refractivity contribution in [2.45, 2.75) is 6.92 Å². The minimum Gasteiger partial charge on any atom is -0.276 e. The van der Waals surface area contributed by atoms with E-state index in [0.717, 1.165) is 0 Å². The van der Waals surface area contributed by atoms with Crippen molar-refractivity contribution < 1.29 is 9.18 Å². The Bertz CT molecular complexity index is 315. The standard InChI is InChI=1S/C8H5BrClFO/c1-4-2-5(8(10)12)3-6(9)7(4)11/h2-3H,1H3. The Kier molecular flexibility index (Phi) is 2.85. The summed E-state index contributed by atoms with van der Waals surface area (Å²) in [5, 5.41) is -0.584. The lowest BCUT2D eigenvalue weighted by Crippen LogP contribution is -1.93. The number of hydrogen-bond acceptors (Lipinski definition) is 1. The summed E-state index contributed by atoms with van der Waals surface area (Å²) in [6, 6.07) is 2.77. The van der Waals surface area contributed by atoms with Gasteiger partial charge in [-0.1, -0.05) is 0 Å². The highest BCUT2D eigenvalue weighted by Crippen LogP contribution is 2.21. The molecule has 1 aromatic carbocycles. The Labute approximate surface area is 82.7 Å². The van der Waals surface area contributed by atoms with Crippen molar-refractivity contribution in [2.24, 2.45) is 0 Å². The molecule has 12 heavy (non-hydrogen) atoms. The number of carbonyl (C=O) groups excluding carboxylic acids is 1. The van der Waals surface area contributed by atoms with Crippen molar-refractivity contribution >= 4 is 32.8 Å². The third-order valence-electron chi connectivity index (χ3n) is 1.44. The molecule has 1 nitrogen and oxygen atoms in total. The number of aryl methyl sites for hydroxylation is 1. The largest absolute Gasteiger partial charge is 0.276 e. The second-order valence-electron chi connectivity index (χ2n) is 2.36. The van der Waals surface area contributed by atoms with Crippen molar-refractivity contribution in [1.29, 1.82) is 0 Å². The summed E-state index contributed by atoms with van der Waals surface area (Å²) in [5.74, 6) is -0.364. The van der Waals surface area contributed by atoms with Gasteiger partial charge in [0.05, 0.1) is 4.47 Å². The minimum atomic E-state index is -0.584. The molecule has 0 atom stereocenters. The lowest BCUT2D eigenvalue weighted by molar-refractivity contribution is 0.108. The molecule has 0 N–H and O–H groups in total. The fraction of sp³-hybridized carbons (Fsp3) is 0.125. The van der Waals surface area contributed by atoms with Crippen LogP contribution in [0.25, 0.3) is 0 Å². The first-order chi connectivity index (χ1) is 5.52. The molecule has 0 amide bonds. The lowest BCUT2D eigenvalue weighted by atomic mass is 10.1. The SMILES string of the molecule is Cc1cc(C(=O)Cl)cc(Br)c1F. The van der Waals surface area contributed by atoms with E-state index in [-0.39, 0.29) is 10.3 Å². The van der Waals surface area contributed by atoms with E-state index in [0.29, 0.717) is 11.1 Å². The topological polar surface area (TPSA) is 17.1 Å². The summed E-state index contributed by atoms with van der Waals surface area (Å²) in [7, 11) is 0. The molecule has 0 spiro atoms. The quantitative estimate of drug-likeness (QED) is 0.700. The van der Waals surface area contributed by atoms with Gasteiger partial charge in [0.2, 0.25) is 0 Å². The van der Waals surface area contributed by atoms with E-state index in [1.54, 1.807) is 6.92 Å². The number of hydrogen-bond donors (Lipinski definition) is 0. The highest BCUT2D eigenvalue weighted by atomic mass is 79.9. The smallest absolute Gasteiger partial charge is 0.252 e. The van der Waals surface area contributed by atoms with Crippen LogP contribution >= 0.6 is 27.5 Å². The zero-order chi connectivity index (χ0) is 9.30. The molecular weight excluding hydrogens is 246 g/mol. The monoisotopic (exact) mass is 250 g/mol. The maximum absolute atomic E-state index is 13.0. The van der Waals surface area contributed by atoms with Gasteiger partial charge in [-0.3, -0.25) is 4.79 Å². The molecule has 0 saturated carbocycles. The fourth-order valence-electron chi connectivity index (χ4n) is 0.840. The van der Waals surface area contributed by atoms with Crippen LogP contribution in [0.4, 0.5) is 4.39 Å². The Balaban J connectivity index is 3.31. The Morgan fingerprint density at radius 2 is 2.17 bits per heavy atom. The van der Waals surface area contributed by atoms with E-state index in [1.165, 1.54) is 12.1 Å². The normalized spacial score (nSPS) is 10.0. The van der Waals surface area contributed by atoms with Gasteiger partial charge in [0.15, 0.2) is 0 Å². The number of benzene rings is 1. The van der Waals surface area contributed by atoms with E-state index >= 15 is 0 Å². The van der Waals surface area contributed by atoms with Crippen LogP contribution in [0.2, 0.25) is 0 Å². The lowest BCUT2D eigenvalue weighted by Gasteiger charge is -2.00. The van der Waals surface area contributed by atoms with E-state index < -0.39 is 5.24 Å². The predicted octanol–water partition coefficient (Wildman–Crippen LogP) is 3.28. The average molecular weight is 251 g/mol. The van der Waals surface area contributed by atoms with Crippen LogP contribution in [0.1, 0.15) is 15.9 Å². The van der Waals surface area contributed by atoms with E-state index in [9.17, 15) is 9.18 Å². The van der Waals surface area contributed by atoms with Gasteiger partial charge in [-0.05, 0) is 52.2 Å². The van der Waals surface area contributed by atoms with Crippen LogP contribution in [0.5, 0.6) is 0 Å². The van der Waals surface area contributed by atoms with Gasteiger partial charge in [0, 0.05) is 5.56 Å². The van der Waals surface area contributed by atoms with Crippen molar-refractivity contribution in [1.82, 2.24) is 0 Å². The second-order valence-corrected chi connectivity index (χ2v) is 3.56. The molecule has 0 heterocycles. The van der Waals surface area contributed by atoms with Gasteiger partial charge in [-0.15, -0.1) is 0 Å². The molecule has 1 aromatic rings. The van der Waals surface area contributed by atoms with Gasteiger partial charge in [0.25, 0.3) is 5.24 Å². The molecule has 0 aromatic heterocycles. The molecule has 4 heteroatoms. The van der Waals surface area contributed by atoms with Gasteiger partial charge in [0.1, 0.15) is 5.82 Å². The molecule has 0 bridgehead atoms. The van der Waals surface area contributed by atoms with Crippen molar-refractivity contribution in [3.05, 3.63) is 33.5 Å². The zero-order valence-electron chi connectivity index (χ0n) is 6.20. The van der Waals surface area contributed by atoms with Gasteiger partial charge in [-0.2, -0.15) is 0 Å². The third-order valence-corrected chi connectivity index (χ3v) is 2.23. The molecule has 1 rings (SSSR count). The molecule has 0 aliphatic carbocycles. The summed E-state index contributed by atoms with van der Waals surface area (Å²) in [6.07, 6.45) is 0. The predicted molar refractivity (Wildman–Crippen MR) is 49.0 cm³/mol. The summed E-state index contributed by atoms with van der Waals surface area (Å²) in [6.45, 7) is 1.57. The molecule has 0 saturated heterocycles. The first kappa shape index (κ1) is 9.68. The minimum absolute atomic E-state index is 0.256. The van der Waals surface area contributed by atoms with E-state index in [4.69, 9.17) is 11.6 Å². The second kappa shape index (κ2) is 3.54. The summed E-state index contributed by atoms with van der Waals surface area (Å²) < 4.78 is 13.2. The van der Waals surface area contributed by atoms with E-state index in [2.05, 4.69) is 15.9 Å². The zero-order valence-corrected chi connectivity index (χ0v) is 8.54. The van der Waals surface area contributed by atoms with Crippen LogP contribution < -0.4 is 0 Å². The molecule has 0 aliphatic heterocycles. The first-order valence-electron chi connectivity index (χ1n) is 3.18. The van der Waals surface area contributed by atoms with Crippen molar-refractivity contribution in [2.75, 3.05) is 0 Å². The molecular formula is C8H5BrClFO. The molecule has 0 aliphatic rings. The number of halogens is 3. The van der Waals surface area contributed by atoms with Crippen molar-refractivity contribution in [3.63, 3.8) is 0 Å². The molecule has 0 unspecified atom stereocenters. The fourth-order valence-corrected chi connectivity index (χ4v) is 1.51. The van der Waals surface area contributed by atoms with Gasteiger partial charge < -0.3 is 0 Å². The van der Waals surface area contributed by atoms with Crippen LogP contribution in [-0.2, 0) is 0 Å². The summed E-state index contributed by atoms with van der Waals surface area (Å²) in [4.78, 5) is 10.7. The van der Waals surface area contributed by atoms with Crippen LogP contribution in [0, 0.1) is 12.7 Å². The van der Waals surface area contributed by atoms with Gasteiger partial charge in [-0.25, -0.2) is 4.39 Å². The highest BCUT2D eigenvalue weighted by Gasteiger charge is 2.08. The summed E-state index contributed by atoms with van der Waals surface area (Å²) >= 11 is 8.20. The number of rotatable bonds is 1. The first-order valence-corrected chi connectivity index (χ1v) is 4.35. The highest BCUT2D eigenvalue weighted by molar-refractivity contribution is 9.10. The third kappa shape index (κ3) is 1.84. The molecule has 0 fully saturated rings. The van der Waals surface area contributed by atoms with Crippen LogP contribution in [-0.4, -0.2) is 5.24 Å². The Morgan fingerprint density at radius 1 is 1.58 bits per heavy atom. The number of carbonyl (C=O) groups is 1. The van der Waals surface area contributed by atoms with E-state index in [1.807, 2.05) is 0 Å².